The lowest BCUT2D eigenvalue weighted by atomic mass is 10.2. The van der Waals surface area contributed by atoms with Gasteiger partial charge >= 0.3 is 0 Å². The highest BCUT2D eigenvalue weighted by molar-refractivity contribution is 8.19. The van der Waals surface area contributed by atoms with Gasteiger partial charge in [-0.2, -0.15) is 0 Å². The predicted octanol–water partition coefficient (Wildman–Crippen LogP) is 4.82. The maximum Gasteiger partial charge on any atom is 0.270 e. The van der Waals surface area contributed by atoms with Gasteiger partial charge in [-0.25, -0.2) is 13.4 Å². The highest BCUT2D eigenvalue weighted by atomic mass is 32.3. The highest BCUT2D eigenvalue weighted by Crippen LogP contribution is 2.37. The monoisotopic (exact) mass is 405 g/mol. The Morgan fingerprint density at radius 1 is 1.35 bits per heavy atom. The molecule has 1 aliphatic rings. The first kappa shape index (κ1) is 17.6. The number of hydrogen-bond donors (Lipinski definition) is 1. The summed E-state index contributed by atoms with van der Waals surface area (Å²) in [5.74, 6) is 0.829. The summed E-state index contributed by atoms with van der Waals surface area (Å²) in [6, 6.07) is 7.80. The van der Waals surface area contributed by atoms with Crippen molar-refractivity contribution >= 4 is 49.7 Å². The summed E-state index contributed by atoms with van der Waals surface area (Å²) in [7, 11) is -3.53. The topological polar surface area (TPSA) is 66.1 Å². The van der Waals surface area contributed by atoms with Gasteiger partial charge in [0.1, 0.15) is 9.24 Å². The Kier molecular flexibility index (Phi) is 4.81. The fourth-order valence-corrected chi connectivity index (χ4v) is 6.85. The Labute approximate surface area is 161 Å². The van der Waals surface area contributed by atoms with E-state index in [9.17, 15) is 8.42 Å². The lowest BCUT2D eigenvalue weighted by Gasteiger charge is -2.25. The number of benzene rings is 1. The minimum Gasteiger partial charge on any atom is -0.351 e. The van der Waals surface area contributed by atoms with Gasteiger partial charge in [0.25, 0.3) is 10.0 Å². The number of hydrogen-bond acceptors (Lipinski definition) is 5. The van der Waals surface area contributed by atoms with E-state index in [1.807, 2.05) is 42.6 Å². The SMILES string of the molecule is CCCN(c1cccc2cc(-c3nccs3)[nH]c12)S(=O)(=O)C1=CCCS1. The second-order valence-corrected chi connectivity index (χ2v) is 10.1. The molecule has 0 fully saturated rings. The molecule has 3 aromatic rings. The molecule has 0 saturated heterocycles. The second-order valence-electron chi connectivity index (χ2n) is 6.00. The van der Waals surface area contributed by atoms with E-state index in [1.165, 1.54) is 11.8 Å². The van der Waals surface area contributed by atoms with Crippen LogP contribution in [0.25, 0.3) is 21.6 Å². The van der Waals surface area contributed by atoms with E-state index in [2.05, 4.69) is 9.97 Å². The molecule has 136 valence electrons. The number of thiazole rings is 1. The van der Waals surface area contributed by atoms with Crippen LogP contribution in [-0.4, -0.2) is 30.7 Å². The third-order valence-corrected chi connectivity index (χ3v) is 8.53. The number of H-pyrrole nitrogens is 1. The van der Waals surface area contributed by atoms with E-state index in [-0.39, 0.29) is 0 Å². The van der Waals surface area contributed by atoms with Crippen molar-refractivity contribution in [2.24, 2.45) is 0 Å². The van der Waals surface area contributed by atoms with Gasteiger partial charge in [-0.05, 0) is 25.0 Å². The van der Waals surface area contributed by atoms with Crippen LogP contribution in [-0.2, 0) is 10.0 Å². The van der Waals surface area contributed by atoms with Crippen molar-refractivity contribution in [2.45, 2.75) is 19.8 Å². The molecule has 0 saturated carbocycles. The molecule has 0 atom stereocenters. The van der Waals surface area contributed by atoms with Gasteiger partial charge in [0.2, 0.25) is 0 Å². The zero-order valence-electron chi connectivity index (χ0n) is 14.3. The maximum atomic E-state index is 13.2. The van der Waals surface area contributed by atoms with E-state index < -0.39 is 10.0 Å². The van der Waals surface area contributed by atoms with E-state index in [0.717, 1.165) is 40.2 Å². The van der Waals surface area contributed by atoms with E-state index in [0.29, 0.717) is 16.5 Å². The molecule has 1 aromatic carbocycles. The molecule has 0 spiro atoms. The van der Waals surface area contributed by atoms with Gasteiger partial charge in [0.05, 0.1) is 16.9 Å². The predicted molar refractivity (Wildman–Crippen MR) is 111 cm³/mol. The highest BCUT2D eigenvalue weighted by Gasteiger charge is 2.30. The number of thioether (sulfide) groups is 1. The quantitative estimate of drug-likeness (QED) is 0.639. The summed E-state index contributed by atoms with van der Waals surface area (Å²) in [5.41, 5.74) is 2.43. The van der Waals surface area contributed by atoms with Gasteiger partial charge in [-0.1, -0.05) is 25.1 Å². The van der Waals surface area contributed by atoms with Crippen molar-refractivity contribution in [1.29, 1.82) is 0 Å². The van der Waals surface area contributed by atoms with Crippen molar-refractivity contribution in [3.05, 3.63) is 46.2 Å². The van der Waals surface area contributed by atoms with Gasteiger partial charge in [-0.15, -0.1) is 23.1 Å². The zero-order valence-corrected chi connectivity index (χ0v) is 16.8. The van der Waals surface area contributed by atoms with Gasteiger partial charge in [-0.3, -0.25) is 4.31 Å². The summed E-state index contributed by atoms with van der Waals surface area (Å²) in [6.45, 7) is 2.44. The Morgan fingerprint density at radius 2 is 2.23 bits per heavy atom. The maximum absolute atomic E-state index is 13.2. The van der Waals surface area contributed by atoms with Crippen molar-refractivity contribution < 1.29 is 8.42 Å². The van der Waals surface area contributed by atoms with Crippen molar-refractivity contribution in [1.82, 2.24) is 9.97 Å². The number of para-hydroxylation sites is 1. The lowest BCUT2D eigenvalue weighted by molar-refractivity contribution is 0.598. The first-order chi connectivity index (χ1) is 12.6. The van der Waals surface area contributed by atoms with Crippen LogP contribution in [0.4, 0.5) is 5.69 Å². The van der Waals surface area contributed by atoms with Gasteiger partial charge < -0.3 is 4.98 Å². The Hall–Kier alpha value is -1.77. The lowest BCUT2D eigenvalue weighted by Crippen LogP contribution is -2.32. The Morgan fingerprint density at radius 3 is 2.92 bits per heavy atom. The van der Waals surface area contributed by atoms with Crippen LogP contribution in [0.2, 0.25) is 0 Å². The molecule has 0 amide bonds. The van der Waals surface area contributed by atoms with Gasteiger partial charge in [0, 0.05) is 29.3 Å². The molecular weight excluding hydrogens is 386 g/mol. The smallest absolute Gasteiger partial charge is 0.270 e. The van der Waals surface area contributed by atoms with Crippen LogP contribution in [0.1, 0.15) is 19.8 Å². The first-order valence-corrected chi connectivity index (χ1v) is 11.8. The number of anilines is 1. The van der Waals surface area contributed by atoms with Crippen molar-refractivity contribution in [2.75, 3.05) is 16.6 Å². The number of allylic oxidation sites excluding steroid dienone is 1. The molecule has 0 unspecified atom stereocenters. The fourth-order valence-electron chi connectivity index (χ4n) is 3.08. The molecule has 1 N–H and O–H groups in total. The van der Waals surface area contributed by atoms with Crippen LogP contribution >= 0.6 is 23.1 Å². The third-order valence-electron chi connectivity index (χ3n) is 4.21. The first-order valence-electron chi connectivity index (χ1n) is 8.48. The van der Waals surface area contributed by atoms with E-state index in [4.69, 9.17) is 0 Å². The van der Waals surface area contributed by atoms with Gasteiger partial charge in [0.15, 0.2) is 0 Å². The molecule has 26 heavy (non-hydrogen) atoms. The normalized spacial score (nSPS) is 14.7. The van der Waals surface area contributed by atoms with Crippen LogP contribution in [0.15, 0.2) is 46.2 Å². The molecule has 2 aromatic heterocycles. The van der Waals surface area contributed by atoms with Crippen LogP contribution in [0.5, 0.6) is 0 Å². The number of rotatable bonds is 6. The van der Waals surface area contributed by atoms with Crippen molar-refractivity contribution in [3.8, 4) is 10.7 Å². The number of nitrogens with one attached hydrogen (secondary N) is 1. The summed E-state index contributed by atoms with van der Waals surface area (Å²) in [4.78, 5) is 7.73. The largest absolute Gasteiger partial charge is 0.351 e. The molecule has 3 heterocycles. The molecular formula is C18H19N3O2S3. The number of aromatic amines is 1. The number of nitrogens with zero attached hydrogens (tertiary/aromatic N) is 2. The fraction of sp³-hybridized carbons (Fsp3) is 0.278. The van der Waals surface area contributed by atoms with Crippen molar-refractivity contribution in [3.63, 3.8) is 0 Å². The standard InChI is InChI=1S/C18H19N3O2S3/c1-2-9-21(26(22,23)16-7-4-10-24-16)15-6-3-5-13-12-14(20-17(13)15)18-19-8-11-25-18/h3,5-8,11-12,20H,2,4,9-10H2,1H3. The summed E-state index contributed by atoms with van der Waals surface area (Å²) >= 11 is 2.97. The molecule has 0 bridgehead atoms. The van der Waals surface area contributed by atoms with E-state index in [1.54, 1.807) is 21.8 Å². The summed E-state index contributed by atoms with van der Waals surface area (Å²) in [6.07, 6.45) is 5.15. The third kappa shape index (κ3) is 3.06. The minimum atomic E-state index is -3.53. The molecule has 8 heteroatoms. The minimum absolute atomic E-state index is 0.449. The average molecular weight is 406 g/mol. The number of aromatic nitrogens is 2. The summed E-state index contributed by atoms with van der Waals surface area (Å²) < 4.78 is 28.4. The van der Waals surface area contributed by atoms with Crippen LogP contribution in [0, 0.1) is 0 Å². The van der Waals surface area contributed by atoms with Crippen LogP contribution in [0.3, 0.4) is 0 Å². The molecule has 4 rings (SSSR count). The summed E-state index contributed by atoms with van der Waals surface area (Å²) in [5, 5.41) is 3.81. The Balaban J connectivity index is 1.85. The molecule has 5 nitrogen and oxygen atoms in total. The molecule has 0 radical (unpaired) electrons. The van der Waals surface area contributed by atoms with Crippen LogP contribution < -0.4 is 4.31 Å². The van der Waals surface area contributed by atoms with E-state index >= 15 is 0 Å². The average Bonchev–Trinajstić information content (AvgIpc) is 3.39. The molecule has 0 aliphatic carbocycles. The Bertz CT molecular complexity index is 1050. The number of sulfonamides is 1. The second kappa shape index (κ2) is 7.09. The molecule has 1 aliphatic heterocycles. The number of fused-ring (bicyclic) bond motifs is 1. The zero-order chi connectivity index (χ0) is 18.1.